The number of nitrogens with one attached hydrogen (secondary N) is 1. The van der Waals surface area contributed by atoms with Crippen LogP contribution in [0.3, 0.4) is 0 Å². The summed E-state index contributed by atoms with van der Waals surface area (Å²) in [5.74, 6) is 0.360. The summed E-state index contributed by atoms with van der Waals surface area (Å²) in [4.78, 5) is 2.52. The fraction of sp³-hybridized carbons (Fsp3) is 0.533. The molecule has 0 spiro atoms. The molecule has 0 radical (unpaired) electrons. The first-order valence-electron chi connectivity index (χ1n) is 7.19. The van der Waals surface area contributed by atoms with Crippen LogP contribution >= 0.6 is 0 Å². The Bertz CT molecular complexity index is 649. The molecule has 5 nitrogen and oxygen atoms in total. The maximum absolute atomic E-state index is 12.4. The quantitative estimate of drug-likeness (QED) is 0.894. The molecule has 1 aliphatic rings. The van der Waals surface area contributed by atoms with Gasteiger partial charge < -0.3 is 4.90 Å². The van der Waals surface area contributed by atoms with Crippen molar-refractivity contribution in [2.45, 2.75) is 25.2 Å². The molecule has 114 valence electrons. The first-order chi connectivity index (χ1) is 9.96. The average molecular weight is 307 g/mol. The lowest BCUT2D eigenvalue weighted by Crippen LogP contribution is -2.31. The van der Waals surface area contributed by atoms with Crippen molar-refractivity contribution in [3.05, 3.63) is 29.3 Å². The van der Waals surface area contributed by atoms with E-state index in [-0.39, 0.29) is 4.90 Å². The molecular formula is C15H21N3O2S. The summed E-state index contributed by atoms with van der Waals surface area (Å²) in [6.07, 6.45) is 1.02. The summed E-state index contributed by atoms with van der Waals surface area (Å²) in [5.41, 5.74) is 1.02. The van der Waals surface area contributed by atoms with E-state index in [0.717, 1.165) is 26.1 Å². The third-order valence-electron chi connectivity index (χ3n) is 3.99. The molecule has 1 N–H and O–H groups in total. The highest BCUT2D eigenvalue weighted by Gasteiger charge is 2.24. The molecular weight excluding hydrogens is 286 g/mol. The van der Waals surface area contributed by atoms with Crippen molar-refractivity contribution in [3.63, 3.8) is 0 Å². The summed E-state index contributed by atoms with van der Waals surface area (Å²) in [6.45, 7) is 7.29. The van der Waals surface area contributed by atoms with Gasteiger partial charge in [0.1, 0.15) is 0 Å². The monoisotopic (exact) mass is 307 g/mol. The Kier molecular flexibility index (Phi) is 4.99. The van der Waals surface area contributed by atoms with Crippen molar-refractivity contribution in [1.82, 2.24) is 9.62 Å². The molecule has 21 heavy (non-hydrogen) atoms. The lowest BCUT2D eigenvalue weighted by atomic mass is 10.1. The lowest BCUT2D eigenvalue weighted by Gasteiger charge is -2.14. The smallest absolute Gasteiger partial charge is 0.240 e. The second-order valence-corrected chi connectivity index (χ2v) is 7.23. The third-order valence-corrected chi connectivity index (χ3v) is 5.55. The molecule has 6 heteroatoms. The van der Waals surface area contributed by atoms with Gasteiger partial charge in [-0.3, -0.25) is 0 Å². The van der Waals surface area contributed by atoms with E-state index in [1.54, 1.807) is 19.1 Å². The Morgan fingerprint density at radius 3 is 2.86 bits per heavy atom. The minimum atomic E-state index is -3.55. The second-order valence-electron chi connectivity index (χ2n) is 5.49. The van der Waals surface area contributed by atoms with Crippen LogP contribution in [0.15, 0.2) is 23.1 Å². The highest BCUT2D eigenvalue weighted by atomic mass is 32.2. The van der Waals surface area contributed by atoms with Crippen LogP contribution in [-0.2, 0) is 10.0 Å². The van der Waals surface area contributed by atoms with Gasteiger partial charge in [0.15, 0.2) is 0 Å². The molecule has 0 aliphatic carbocycles. The molecule has 0 amide bonds. The van der Waals surface area contributed by atoms with Crippen molar-refractivity contribution in [2.24, 2.45) is 5.92 Å². The minimum absolute atomic E-state index is 0.201. The largest absolute Gasteiger partial charge is 0.303 e. The van der Waals surface area contributed by atoms with Crippen LogP contribution in [0, 0.1) is 24.2 Å². The summed E-state index contributed by atoms with van der Waals surface area (Å²) in [5, 5.41) is 8.91. The number of aryl methyl sites for hydroxylation is 1. The van der Waals surface area contributed by atoms with E-state index in [1.165, 1.54) is 6.07 Å². The molecule has 1 atom stereocenters. The second kappa shape index (κ2) is 6.56. The molecule has 1 unspecified atom stereocenters. The zero-order valence-electron chi connectivity index (χ0n) is 12.5. The first kappa shape index (κ1) is 16.0. The predicted molar refractivity (Wildman–Crippen MR) is 81.3 cm³/mol. The van der Waals surface area contributed by atoms with Gasteiger partial charge in [-0.25, -0.2) is 13.1 Å². The van der Waals surface area contributed by atoms with Crippen LogP contribution in [-0.4, -0.2) is 39.5 Å². The Balaban J connectivity index is 2.07. The van der Waals surface area contributed by atoms with Crippen LogP contribution < -0.4 is 4.72 Å². The highest BCUT2D eigenvalue weighted by Crippen LogP contribution is 2.19. The topological polar surface area (TPSA) is 73.2 Å². The molecule has 1 saturated heterocycles. The van der Waals surface area contributed by atoms with E-state index in [0.29, 0.717) is 23.6 Å². The Labute approximate surface area is 126 Å². The van der Waals surface area contributed by atoms with Crippen LogP contribution in [0.2, 0.25) is 0 Å². The normalized spacial score (nSPS) is 19.6. The van der Waals surface area contributed by atoms with Gasteiger partial charge in [0.2, 0.25) is 10.0 Å². The molecule has 1 aromatic rings. The summed E-state index contributed by atoms with van der Waals surface area (Å²) < 4.78 is 27.5. The number of likely N-dealkylation sites (tertiary alicyclic amines) is 1. The van der Waals surface area contributed by atoms with Crippen LogP contribution in [0.5, 0.6) is 0 Å². The minimum Gasteiger partial charge on any atom is -0.303 e. The van der Waals surface area contributed by atoms with Crippen LogP contribution in [0.25, 0.3) is 0 Å². The third kappa shape index (κ3) is 3.82. The van der Waals surface area contributed by atoms with Gasteiger partial charge in [-0.2, -0.15) is 5.26 Å². The van der Waals surface area contributed by atoms with E-state index in [9.17, 15) is 8.42 Å². The zero-order chi connectivity index (χ0) is 15.5. The number of rotatable bonds is 5. The van der Waals surface area contributed by atoms with Crippen LogP contribution in [0.4, 0.5) is 0 Å². The predicted octanol–water partition coefficient (Wildman–Crippen LogP) is 1.49. The molecule has 1 aromatic carbocycles. The molecule has 1 aliphatic heterocycles. The molecule has 2 rings (SSSR count). The van der Waals surface area contributed by atoms with Gasteiger partial charge in [-0.05, 0) is 50.0 Å². The van der Waals surface area contributed by atoms with Gasteiger partial charge in [-0.15, -0.1) is 0 Å². The molecule has 0 saturated carbocycles. The van der Waals surface area contributed by atoms with E-state index in [1.807, 2.05) is 6.07 Å². The fourth-order valence-corrected chi connectivity index (χ4v) is 4.02. The van der Waals surface area contributed by atoms with Gasteiger partial charge in [-0.1, -0.05) is 13.0 Å². The Morgan fingerprint density at radius 1 is 1.48 bits per heavy atom. The number of benzene rings is 1. The first-order valence-corrected chi connectivity index (χ1v) is 8.67. The summed E-state index contributed by atoms with van der Waals surface area (Å²) in [7, 11) is -3.55. The number of nitriles is 1. The van der Waals surface area contributed by atoms with E-state index >= 15 is 0 Å². The number of nitrogens with zero attached hydrogens (tertiary/aromatic N) is 2. The SMILES string of the molecule is CCN1CCC(CNS(=O)(=O)c2cc(C#N)ccc2C)C1. The summed E-state index contributed by atoms with van der Waals surface area (Å²) in [6, 6.07) is 6.71. The van der Waals surface area contributed by atoms with E-state index in [4.69, 9.17) is 5.26 Å². The number of hydrogen-bond acceptors (Lipinski definition) is 4. The van der Waals surface area contributed by atoms with Crippen molar-refractivity contribution in [2.75, 3.05) is 26.2 Å². The molecule has 0 aromatic heterocycles. The standard InChI is InChI=1S/C15H21N3O2S/c1-3-18-7-6-14(11-18)10-17-21(19,20)15-8-13(9-16)5-4-12(15)2/h4-5,8,14,17H,3,6-7,10-11H2,1-2H3. The highest BCUT2D eigenvalue weighted by molar-refractivity contribution is 7.89. The van der Waals surface area contributed by atoms with Crippen LogP contribution in [0.1, 0.15) is 24.5 Å². The van der Waals surface area contributed by atoms with E-state index in [2.05, 4.69) is 16.5 Å². The molecule has 1 fully saturated rings. The summed E-state index contributed by atoms with van der Waals surface area (Å²) >= 11 is 0. The van der Waals surface area contributed by atoms with Gasteiger partial charge >= 0.3 is 0 Å². The average Bonchev–Trinajstić information content (AvgIpc) is 2.94. The molecule has 0 bridgehead atoms. The zero-order valence-corrected chi connectivity index (χ0v) is 13.3. The van der Waals surface area contributed by atoms with Gasteiger partial charge in [0.05, 0.1) is 16.5 Å². The van der Waals surface area contributed by atoms with Crippen molar-refractivity contribution < 1.29 is 8.42 Å². The maximum atomic E-state index is 12.4. The van der Waals surface area contributed by atoms with Gasteiger partial charge in [0.25, 0.3) is 0 Å². The fourth-order valence-electron chi connectivity index (χ4n) is 2.63. The van der Waals surface area contributed by atoms with Crippen molar-refractivity contribution in [1.29, 1.82) is 5.26 Å². The lowest BCUT2D eigenvalue weighted by molar-refractivity contribution is 0.342. The van der Waals surface area contributed by atoms with Gasteiger partial charge in [0, 0.05) is 13.1 Å². The number of hydrogen-bond donors (Lipinski definition) is 1. The maximum Gasteiger partial charge on any atom is 0.240 e. The Morgan fingerprint density at radius 2 is 2.24 bits per heavy atom. The van der Waals surface area contributed by atoms with Crippen molar-refractivity contribution in [3.8, 4) is 6.07 Å². The molecule has 1 heterocycles. The van der Waals surface area contributed by atoms with Crippen molar-refractivity contribution >= 4 is 10.0 Å². The van der Waals surface area contributed by atoms with E-state index < -0.39 is 10.0 Å². The number of sulfonamides is 1. The Hall–Kier alpha value is -1.42.